The molecule has 2 aromatic rings. The Morgan fingerprint density at radius 2 is 2.17 bits per heavy atom. The van der Waals surface area contributed by atoms with Crippen molar-refractivity contribution < 1.29 is 4.79 Å². The Balaban J connectivity index is 2.08. The second kappa shape index (κ2) is 5.67. The summed E-state index contributed by atoms with van der Waals surface area (Å²) in [7, 11) is 0. The zero-order valence-corrected chi connectivity index (χ0v) is 12.8. The number of nitrogens with one attached hydrogen (secondary N) is 1. The minimum absolute atomic E-state index is 0.108. The molecule has 0 spiro atoms. The third-order valence-electron chi connectivity index (χ3n) is 2.44. The fraction of sp³-hybridized carbons (Fsp3) is 0.167. The molecule has 0 aliphatic heterocycles. The summed E-state index contributed by atoms with van der Waals surface area (Å²) in [6.45, 7) is 1.80. The first kappa shape index (κ1) is 13.3. The molecule has 1 heterocycles. The molecule has 0 radical (unpaired) electrons. The maximum absolute atomic E-state index is 12.0. The molecule has 6 heteroatoms. The number of hydrogen-bond acceptors (Lipinski definition) is 2. The van der Waals surface area contributed by atoms with E-state index in [1.807, 2.05) is 24.3 Å². The average Bonchev–Trinajstić information content (AvgIpc) is 2.75. The van der Waals surface area contributed by atoms with Gasteiger partial charge in [-0.25, -0.2) is 0 Å². The lowest BCUT2D eigenvalue weighted by Crippen LogP contribution is -2.23. The van der Waals surface area contributed by atoms with Crippen LogP contribution in [0.15, 0.2) is 45.6 Å². The summed E-state index contributed by atoms with van der Waals surface area (Å²) in [5, 5.41) is 6.94. The van der Waals surface area contributed by atoms with E-state index >= 15 is 0 Å². The number of aromatic nitrogens is 2. The lowest BCUT2D eigenvalue weighted by atomic mass is 10.3. The molecule has 4 nitrogen and oxygen atoms in total. The van der Waals surface area contributed by atoms with E-state index in [4.69, 9.17) is 0 Å². The fourth-order valence-corrected chi connectivity index (χ4v) is 2.16. The van der Waals surface area contributed by atoms with Crippen LogP contribution in [0.3, 0.4) is 0 Å². The van der Waals surface area contributed by atoms with Gasteiger partial charge in [0.05, 0.1) is 10.7 Å². The largest absolute Gasteiger partial charge is 0.324 e. The van der Waals surface area contributed by atoms with Crippen LogP contribution in [0.25, 0.3) is 0 Å². The van der Waals surface area contributed by atoms with E-state index in [0.717, 1.165) is 14.6 Å². The summed E-state index contributed by atoms with van der Waals surface area (Å²) < 4.78 is 3.39. The van der Waals surface area contributed by atoms with Crippen LogP contribution in [0.5, 0.6) is 0 Å². The Morgan fingerprint density at radius 3 is 2.78 bits per heavy atom. The number of nitrogens with zero attached hydrogens (tertiary/aromatic N) is 2. The van der Waals surface area contributed by atoms with Crippen LogP contribution in [0, 0.1) is 0 Å². The fourth-order valence-electron chi connectivity index (χ4n) is 1.46. The molecule has 0 fully saturated rings. The van der Waals surface area contributed by atoms with Crippen LogP contribution in [0.1, 0.15) is 13.0 Å². The predicted octanol–water partition coefficient (Wildman–Crippen LogP) is 3.61. The van der Waals surface area contributed by atoms with Crippen molar-refractivity contribution >= 4 is 43.5 Å². The van der Waals surface area contributed by atoms with Gasteiger partial charge in [-0.3, -0.25) is 9.48 Å². The van der Waals surface area contributed by atoms with Gasteiger partial charge >= 0.3 is 0 Å². The van der Waals surface area contributed by atoms with Crippen LogP contribution in [0.4, 0.5) is 5.69 Å². The molecule has 1 amide bonds. The maximum Gasteiger partial charge on any atom is 0.248 e. The number of anilines is 1. The smallest absolute Gasteiger partial charge is 0.248 e. The highest BCUT2D eigenvalue weighted by atomic mass is 79.9. The molecule has 1 aromatic heterocycles. The van der Waals surface area contributed by atoms with Gasteiger partial charge in [0.25, 0.3) is 0 Å². The molecule has 0 saturated heterocycles. The molecule has 0 aliphatic carbocycles. The van der Waals surface area contributed by atoms with Gasteiger partial charge in [-0.2, -0.15) is 5.10 Å². The molecule has 1 aromatic carbocycles. The van der Waals surface area contributed by atoms with Gasteiger partial charge in [0, 0.05) is 16.4 Å². The predicted molar refractivity (Wildman–Crippen MR) is 77.4 cm³/mol. The lowest BCUT2D eigenvalue weighted by Gasteiger charge is -2.12. The summed E-state index contributed by atoms with van der Waals surface area (Å²) >= 11 is 6.67. The van der Waals surface area contributed by atoms with Crippen molar-refractivity contribution in [1.29, 1.82) is 0 Å². The summed E-state index contributed by atoms with van der Waals surface area (Å²) in [5.74, 6) is -0.108. The molecule has 0 bridgehead atoms. The zero-order valence-electron chi connectivity index (χ0n) is 9.60. The first-order chi connectivity index (χ1) is 8.56. The highest BCUT2D eigenvalue weighted by molar-refractivity contribution is 9.10. The van der Waals surface area contributed by atoms with Crippen molar-refractivity contribution in [1.82, 2.24) is 9.78 Å². The van der Waals surface area contributed by atoms with Gasteiger partial charge in [0.15, 0.2) is 0 Å². The number of benzene rings is 1. The van der Waals surface area contributed by atoms with Crippen molar-refractivity contribution in [2.24, 2.45) is 0 Å². The summed E-state index contributed by atoms with van der Waals surface area (Å²) in [4.78, 5) is 12.0. The molecule has 1 atom stereocenters. The quantitative estimate of drug-likeness (QED) is 0.894. The number of amides is 1. The SMILES string of the molecule is CC(C(=O)Nc1cccc(Br)c1)n1cc(Br)cn1. The van der Waals surface area contributed by atoms with Crippen molar-refractivity contribution in [2.75, 3.05) is 5.32 Å². The number of carbonyl (C=O) groups excluding carboxylic acids is 1. The number of rotatable bonds is 3. The van der Waals surface area contributed by atoms with Crippen molar-refractivity contribution in [3.8, 4) is 0 Å². The summed E-state index contributed by atoms with van der Waals surface area (Å²) in [6.07, 6.45) is 3.42. The minimum Gasteiger partial charge on any atom is -0.324 e. The maximum atomic E-state index is 12.0. The molecule has 1 N–H and O–H groups in total. The first-order valence-electron chi connectivity index (χ1n) is 5.32. The normalized spacial score (nSPS) is 12.2. The van der Waals surface area contributed by atoms with Gasteiger partial charge in [0.2, 0.25) is 5.91 Å². The second-order valence-electron chi connectivity index (χ2n) is 3.81. The van der Waals surface area contributed by atoms with E-state index in [-0.39, 0.29) is 11.9 Å². The third-order valence-corrected chi connectivity index (χ3v) is 3.34. The highest BCUT2D eigenvalue weighted by Gasteiger charge is 2.15. The molecule has 18 heavy (non-hydrogen) atoms. The summed E-state index contributed by atoms with van der Waals surface area (Å²) in [6, 6.07) is 7.10. The Kier molecular flexibility index (Phi) is 4.19. The van der Waals surface area contributed by atoms with Gasteiger partial charge in [-0.1, -0.05) is 22.0 Å². The van der Waals surface area contributed by atoms with E-state index in [9.17, 15) is 4.79 Å². The second-order valence-corrected chi connectivity index (χ2v) is 5.65. The molecule has 0 saturated carbocycles. The van der Waals surface area contributed by atoms with Crippen molar-refractivity contribution in [3.63, 3.8) is 0 Å². The molecule has 1 unspecified atom stereocenters. The van der Waals surface area contributed by atoms with E-state index in [2.05, 4.69) is 42.3 Å². The lowest BCUT2D eigenvalue weighted by molar-refractivity contribution is -0.119. The number of carbonyl (C=O) groups is 1. The van der Waals surface area contributed by atoms with E-state index in [0.29, 0.717) is 0 Å². The Morgan fingerprint density at radius 1 is 1.39 bits per heavy atom. The van der Waals surface area contributed by atoms with Gasteiger partial charge < -0.3 is 5.32 Å². The van der Waals surface area contributed by atoms with Crippen LogP contribution < -0.4 is 5.32 Å². The highest BCUT2D eigenvalue weighted by Crippen LogP contribution is 2.18. The van der Waals surface area contributed by atoms with Crippen LogP contribution in [0.2, 0.25) is 0 Å². The van der Waals surface area contributed by atoms with Gasteiger partial charge in [0.1, 0.15) is 6.04 Å². The van der Waals surface area contributed by atoms with Crippen LogP contribution in [-0.2, 0) is 4.79 Å². The van der Waals surface area contributed by atoms with Crippen molar-refractivity contribution in [3.05, 3.63) is 45.6 Å². The van der Waals surface area contributed by atoms with Gasteiger partial charge in [-0.15, -0.1) is 0 Å². The Bertz CT molecular complexity index is 568. The Hall–Kier alpha value is -1.14. The molecule has 94 valence electrons. The third kappa shape index (κ3) is 3.20. The van der Waals surface area contributed by atoms with Crippen molar-refractivity contribution in [2.45, 2.75) is 13.0 Å². The standard InChI is InChI=1S/C12H11Br2N3O/c1-8(17-7-10(14)6-15-17)12(18)16-11-4-2-3-9(13)5-11/h2-8H,1H3,(H,16,18). The molecular formula is C12H11Br2N3O. The zero-order chi connectivity index (χ0) is 13.1. The Labute approximate surface area is 122 Å². The van der Waals surface area contributed by atoms with E-state index < -0.39 is 0 Å². The minimum atomic E-state index is -0.365. The topological polar surface area (TPSA) is 46.9 Å². The van der Waals surface area contributed by atoms with Crippen LogP contribution in [-0.4, -0.2) is 15.7 Å². The monoisotopic (exact) mass is 371 g/mol. The number of halogens is 2. The molecular weight excluding hydrogens is 362 g/mol. The first-order valence-corrected chi connectivity index (χ1v) is 6.91. The summed E-state index contributed by atoms with van der Waals surface area (Å²) in [5.41, 5.74) is 0.757. The van der Waals surface area contributed by atoms with E-state index in [1.165, 1.54) is 0 Å². The van der Waals surface area contributed by atoms with E-state index in [1.54, 1.807) is 24.0 Å². The number of hydrogen-bond donors (Lipinski definition) is 1. The average molecular weight is 373 g/mol. The molecule has 2 rings (SSSR count). The van der Waals surface area contributed by atoms with Crippen LogP contribution >= 0.6 is 31.9 Å². The van der Waals surface area contributed by atoms with Gasteiger partial charge in [-0.05, 0) is 41.1 Å². The molecule has 0 aliphatic rings.